The first-order chi connectivity index (χ1) is 22.4. The lowest BCUT2D eigenvalue weighted by Gasteiger charge is -2.40. The van der Waals surface area contributed by atoms with E-state index < -0.39 is 71.7 Å². The van der Waals surface area contributed by atoms with Crippen molar-refractivity contribution in [2.45, 2.75) is 88.4 Å². The van der Waals surface area contributed by atoms with Crippen molar-refractivity contribution in [2.75, 3.05) is 24.3 Å². The fraction of sp³-hybridized carbons (Fsp3) is 0.654. The van der Waals surface area contributed by atoms with Gasteiger partial charge in [0.2, 0.25) is 5.95 Å². The average Bonchev–Trinajstić information content (AvgIpc) is 3.66. The second-order valence-electron chi connectivity index (χ2n) is 13.6. The Morgan fingerprint density at radius 2 is 1.94 bits per heavy atom. The van der Waals surface area contributed by atoms with Gasteiger partial charge >= 0.3 is 14.6 Å². The number of imidazole rings is 1. The number of phosphoric acid groups is 1. The predicted molar refractivity (Wildman–Crippen MR) is 179 cm³/mol. The van der Waals surface area contributed by atoms with Crippen molar-refractivity contribution in [1.29, 1.82) is 0 Å². The Balaban J connectivity index is 1.36. The smallest absolute Gasteiger partial charge is 0.408 e. The quantitative estimate of drug-likeness (QED) is 0.142. The van der Waals surface area contributed by atoms with E-state index in [0.717, 1.165) is 0 Å². The van der Waals surface area contributed by atoms with Gasteiger partial charge in [0.1, 0.15) is 30.5 Å². The Kier molecular flexibility index (Phi) is 9.75. The van der Waals surface area contributed by atoms with E-state index in [0.29, 0.717) is 18.7 Å². The Labute approximate surface area is 282 Å². The number of anilines is 2. The number of fused-ring (bicyclic) bond motifs is 4. The normalized spacial score (nSPS) is 35.0. The zero-order chi connectivity index (χ0) is 34.6. The number of hydrogen-bond acceptors (Lipinski definition) is 15. The molecular weight excluding hydrogens is 706 g/mol. The zero-order valence-electron chi connectivity index (χ0n) is 27.0. The third kappa shape index (κ3) is 7.58. The highest BCUT2D eigenvalue weighted by Gasteiger charge is 2.55. The van der Waals surface area contributed by atoms with Gasteiger partial charge in [0.25, 0.3) is 5.56 Å². The highest BCUT2D eigenvalue weighted by molar-refractivity contribution is 8.44. The van der Waals surface area contributed by atoms with Crippen molar-refractivity contribution in [3.63, 3.8) is 0 Å². The minimum absolute atomic E-state index is 0.0292. The second-order valence-corrected chi connectivity index (χ2v) is 22.6. The van der Waals surface area contributed by atoms with Crippen molar-refractivity contribution >= 4 is 58.1 Å². The molecule has 18 nitrogen and oxygen atoms in total. The zero-order valence-corrected chi connectivity index (χ0v) is 30.6. The summed E-state index contributed by atoms with van der Waals surface area (Å²) in [4.78, 5) is 42.5. The van der Waals surface area contributed by atoms with Gasteiger partial charge in [0.05, 0.1) is 25.6 Å². The molecule has 2 bridgehead atoms. The molecule has 1 saturated carbocycles. The number of rotatable bonds is 5. The van der Waals surface area contributed by atoms with Crippen LogP contribution in [0.2, 0.25) is 18.1 Å². The molecule has 264 valence electrons. The Morgan fingerprint density at radius 1 is 1.17 bits per heavy atom. The second kappa shape index (κ2) is 13.2. The first-order valence-corrected chi connectivity index (χ1v) is 22.4. The van der Waals surface area contributed by atoms with E-state index >= 15 is 0 Å². The van der Waals surface area contributed by atoms with Gasteiger partial charge < -0.3 is 29.6 Å². The largest absolute Gasteiger partial charge is 0.472 e. The summed E-state index contributed by atoms with van der Waals surface area (Å²) in [5.74, 6) is -0.103. The van der Waals surface area contributed by atoms with E-state index in [9.17, 15) is 18.8 Å². The van der Waals surface area contributed by atoms with E-state index in [2.05, 4.69) is 42.5 Å². The van der Waals surface area contributed by atoms with E-state index in [4.69, 9.17) is 33.0 Å². The first kappa shape index (κ1) is 35.6. The molecule has 2 aliphatic heterocycles. The number of nitrogen functional groups attached to an aromatic ring is 1. The molecule has 5 N–H and O–H groups in total. The summed E-state index contributed by atoms with van der Waals surface area (Å²) in [6.07, 6.45) is -0.268. The number of ether oxygens (including phenoxy) is 1. The Hall–Kier alpha value is -2.22. The Morgan fingerprint density at radius 3 is 2.65 bits per heavy atom. The number of phosphoric ester groups is 1. The fourth-order valence-electron chi connectivity index (χ4n) is 5.80. The molecule has 3 aromatic heterocycles. The van der Waals surface area contributed by atoms with Crippen LogP contribution in [-0.2, 0) is 36.4 Å². The molecule has 0 radical (unpaired) electrons. The van der Waals surface area contributed by atoms with Gasteiger partial charge in [0.15, 0.2) is 25.7 Å². The van der Waals surface area contributed by atoms with Crippen molar-refractivity contribution < 1.29 is 41.3 Å². The lowest BCUT2D eigenvalue weighted by Crippen LogP contribution is -2.50. The molecule has 9 atom stereocenters. The molecule has 1 unspecified atom stereocenters. The molecule has 22 heteroatoms. The molecule has 3 aliphatic rings. The highest BCUT2D eigenvalue weighted by atomic mass is 32.7. The van der Waals surface area contributed by atoms with E-state index in [1.807, 2.05) is 33.9 Å². The molecule has 3 aromatic rings. The van der Waals surface area contributed by atoms with Gasteiger partial charge in [0, 0.05) is 18.2 Å². The number of thiol groups is 1. The molecule has 0 spiro atoms. The third-order valence-electron chi connectivity index (χ3n) is 9.19. The van der Waals surface area contributed by atoms with Gasteiger partial charge in [-0.1, -0.05) is 33.0 Å². The molecule has 0 amide bonds. The standard InChI is InChI=1S/C26H40N8O10P2SSi/c1-26(2,3)48(4,5)44-20-17-11-39-45(36,37)42-16-9-15(31-18-6-7-28-12-29-18)8-14(16)10-40-46(38,47)43-21(20)24(41-17)34-13-30-19-22(34)32-25(27)33-23(19)35/h6-7,12-17,20-21,24H,8-11H2,1-5H3,(H,36,37)(H,38,47)(H,28,29,31)(H3,27,32,33,35)/t14-,15-,16+,17-,20-,21-,24-,46+/m1/s1. The van der Waals surface area contributed by atoms with E-state index in [1.165, 1.54) is 17.2 Å². The van der Waals surface area contributed by atoms with Crippen molar-refractivity contribution in [3.8, 4) is 0 Å². The molecule has 1 aliphatic carbocycles. The molecule has 0 aromatic carbocycles. The summed E-state index contributed by atoms with van der Waals surface area (Å²) >= 11 is 4.34. The maximum Gasteiger partial charge on any atom is 0.472 e. The van der Waals surface area contributed by atoms with Gasteiger partial charge in [-0.2, -0.15) is 4.98 Å². The third-order valence-corrected chi connectivity index (χ3v) is 16.3. The summed E-state index contributed by atoms with van der Waals surface area (Å²) in [6.45, 7) is 5.25. The van der Waals surface area contributed by atoms with Crippen LogP contribution < -0.4 is 16.6 Å². The average molecular weight is 747 g/mol. The highest BCUT2D eigenvalue weighted by Crippen LogP contribution is 2.59. The number of aromatic amines is 1. The summed E-state index contributed by atoms with van der Waals surface area (Å²) in [5, 5.41) is 2.97. The van der Waals surface area contributed by atoms with Gasteiger partial charge in [-0.3, -0.25) is 27.9 Å². The summed E-state index contributed by atoms with van der Waals surface area (Å²) in [7, 11) is -7.32. The van der Waals surface area contributed by atoms with Crippen molar-refractivity contribution in [3.05, 3.63) is 35.3 Å². The van der Waals surface area contributed by atoms with Gasteiger partial charge in [-0.25, -0.2) is 24.1 Å². The minimum atomic E-state index is -4.69. The summed E-state index contributed by atoms with van der Waals surface area (Å²) < 4.78 is 65.4. The van der Waals surface area contributed by atoms with Crippen molar-refractivity contribution in [2.24, 2.45) is 5.92 Å². The Bertz CT molecular complexity index is 1800. The van der Waals surface area contributed by atoms with Crippen LogP contribution in [0.15, 0.2) is 29.7 Å². The lowest BCUT2D eigenvalue weighted by atomic mass is 10.1. The number of nitrogens with one attached hydrogen (secondary N) is 2. The molecule has 6 rings (SSSR count). The van der Waals surface area contributed by atoms with Crippen LogP contribution >= 0.6 is 26.9 Å². The van der Waals surface area contributed by atoms with E-state index in [1.54, 1.807) is 12.3 Å². The molecular formula is C26H40N8O10P2SSi. The summed E-state index contributed by atoms with van der Waals surface area (Å²) in [5.41, 5.74) is 5.30. The lowest BCUT2D eigenvalue weighted by molar-refractivity contribution is -0.0527. The SMILES string of the molecule is CC(C)(C)[Si](C)(C)O[C@H]1[C@H]2O[P@@](=O)(S)OC[C@H]3C[C@@H](Nc4ccncn4)C[C@@H]3OP(=O)(O)OC[C@H]1O[C@H]2n1cnc2c(=O)[nH]c(N)nc21. The van der Waals surface area contributed by atoms with Crippen molar-refractivity contribution in [1.82, 2.24) is 29.5 Å². The van der Waals surface area contributed by atoms with Crippen LogP contribution in [0.4, 0.5) is 11.8 Å². The maximum atomic E-state index is 14.0. The maximum absolute atomic E-state index is 14.0. The van der Waals surface area contributed by atoms with Gasteiger partial charge in [-0.15, -0.1) is 0 Å². The summed E-state index contributed by atoms with van der Waals surface area (Å²) in [6, 6.07) is 1.47. The monoisotopic (exact) mass is 746 g/mol. The number of aromatic nitrogens is 6. The number of nitrogens with zero attached hydrogens (tertiary/aromatic N) is 5. The fourth-order valence-corrected chi connectivity index (χ4v) is 9.62. The molecule has 3 fully saturated rings. The minimum Gasteiger partial charge on any atom is -0.408 e. The molecule has 5 heterocycles. The molecule has 2 saturated heterocycles. The van der Waals surface area contributed by atoms with Crippen LogP contribution in [0, 0.1) is 5.92 Å². The number of nitrogens with two attached hydrogens (primary N) is 1. The molecule has 48 heavy (non-hydrogen) atoms. The first-order valence-electron chi connectivity index (χ1n) is 15.3. The van der Waals surface area contributed by atoms with Crippen LogP contribution in [0.5, 0.6) is 0 Å². The van der Waals surface area contributed by atoms with Crippen LogP contribution in [0.3, 0.4) is 0 Å². The van der Waals surface area contributed by atoms with Crippen LogP contribution in [-0.4, -0.2) is 86.4 Å². The number of hydrogen-bond donors (Lipinski definition) is 5. The van der Waals surface area contributed by atoms with Crippen LogP contribution in [0.1, 0.15) is 39.8 Å². The van der Waals surface area contributed by atoms with Gasteiger partial charge in [-0.05, 0) is 37.0 Å². The van der Waals surface area contributed by atoms with Crippen LogP contribution in [0.25, 0.3) is 11.2 Å². The number of H-pyrrole nitrogens is 1. The predicted octanol–water partition coefficient (Wildman–Crippen LogP) is 3.63. The van der Waals surface area contributed by atoms with E-state index in [-0.39, 0.29) is 34.8 Å². The topological polar surface area (TPSA) is 237 Å².